The Morgan fingerprint density at radius 2 is 1.90 bits per heavy atom. The Bertz CT molecular complexity index is 682. The maximum absolute atomic E-state index is 12.1. The number of rotatable bonds is 1. The van der Waals surface area contributed by atoms with E-state index in [1.807, 2.05) is 13.0 Å². The average molecular weight is 291 g/mol. The van der Waals surface area contributed by atoms with Crippen LogP contribution in [-0.4, -0.2) is 24.0 Å². The third-order valence-electron chi connectivity index (χ3n) is 4.75. The highest BCUT2D eigenvalue weighted by Gasteiger charge is 2.53. The molecule has 2 unspecified atom stereocenters. The fraction of sp³-hybridized carbons (Fsp3) is 0.533. The molecule has 1 N–H and O–H groups in total. The molecule has 0 aliphatic carbocycles. The van der Waals surface area contributed by atoms with Gasteiger partial charge in [-0.2, -0.15) is 5.26 Å². The number of benzene rings is 1. The summed E-state index contributed by atoms with van der Waals surface area (Å²) in [6.07, 6.45) is 1.86. The highest BCUT2D eigenvalue weighted by Crippen LogP contribution is 2.47. The quantitative estimate of drug-likeness (QED) is 0.855. The third-order valence-corrected chi connectivity index (χ3v) is 7.42. The minimum atomic E-state index is -3.04. The molecule has 2 saturated heterocycles. The van der Waals surface area contributed by atoms with Gasteiger partial charge >= 0.3 is 0 Å². The van der Waals surface area contributed by atoms with Gasteiger partial charge < -0.3 is 5.11 Å². The first-order chi connectivity index (χ1) is 9.37. The first-order valence-electron chi connectivity index (χ1n) is 6.83. The molecular weight excluding hydrogens is 274 g/mol. The van der Waals surface area contributed by atoms with E-state index in [1.165, 1.54) is 0 Å². The second-order valence-corrected chi connectivity index (χ2v) is 8.50. The van der Waals surface area contributed by atoms with Crippen LogP contribution in [0.15, 0.2) is 18.2 Å². The average Bonchev–Trinajstić information content (AvgIpc) is 2.59. The number of hydrogen-bond donors (Lipinski definition) is 1. The number of nitriles is 1. The fourth-order valence-electron chi connectivity index (χ4n) is 3.56. The van der Waals surface area contributed by atoms with Gasteiger partial charge in [-0.15, -0.1) is 0 Å². The molecule has 0 saturated carbocycles. The van der Waals surface area contributed by atoms with Gasteiger partial charge in [-0.25, -0.2) is 8.42 Å². The van der Waals surface area contributed by atoms with E-state index in [0.717, 1.165) is 11.1 Å². The standard InChI is InChI=1S/C15H17NO3S/c1-10-6-12(3-2-11(10)9-16)15(17)7-13-4-5-14(8-15)20(13,18)19/h2-3,6,13-14,17H,4-5,7-8H2,1H3. The molecule has 1 aromatic rings. The van der Waals surface area contributed by atoms with E-state index >= 15 is 0 Å². The van der Waals surface area contributed by atoms with Gasteiger partial charge in [0.25, 0.3) is 0 Å². The molecule has 20 heavy (non-hydrogen) atoms. The Morgan fingerprint density at radius 1 is 1.30 bits per heavy atom. The van der Waals surface area contributed by atoms with Crippen LogP contribution in [0.2, 0.25) is 0 Å². The maximum atomic E-state index is 12.1. The van der Waals surface area contributed by atoms with Crippen LogP contribution < -0.4 is 0 Å². The molecule has 3 rings (SSSR count). The molecule has 1 aromatic carbocycles. The lowest BCUT2D eigenvalue weighted by Crippen LogP contribution is -2.43. The van der Waals surface area contributed by atoms with Crippen molar-refractivity contribution in [3.8, 4) is 6.07 Å². The molecule has 2 fully saturated rings. The third kappa shape index (κ3) is 1.87. The van der Waals surface area contributed by atoms with Crippen molar-refractivity contribution < 1.29 is 13.5 Å². The van der Waals surface area contributed by atoms with E-state index in [4.69, 9.17) is 5.26 Å². The number of hydrogen-bond acceptors (Lipinski definition) is 4. The molecule has 2 heterocycles. The molecule has 2 aliphatic heterocycles. The molecule has 5 heteroatoms. The van der Waals surface area contributed by atoms with Crippen molar-refractivity contribution in [1.29, 1.82) is 5.26 Å². The Hall–Kier alpha value is -1.38. The summed E-state index contributed by atoms with van der Waals surface area (Å²) in [5.74, 6) is 0. The SMILES string of the molecule is Cc1cc(C2(O)CC3CCC(C2)S3(=O)=O)ccc1C#N. The van der Waals surface area contributed by atoms with Crippen molar-refractivity contribution >= 4 is 9.84 Å². The summed E-state index contributed by atoms with van der Waals surface area (Å²) >= 11 is 0. The highest BCUT2D eigenvalue weighted by atomic mass is 32.2. The largest absolute Gasteiger partial charge is 0.385 e. The van der Waals surface area contributed by atoms with Gasteiger partial charge in [0.05, 0.1) is 27.7 Å². The van der Waals surface area contributed by atoms with E-state index < -0.39 is 25.9 Å². The van der Waals surface area contributed by atoms with Crippen molar-refractivity contribution in [3.63, 3.8) is 0 Å². The van der Waals surface area contributed by atoms with E-state index in [0.29, 0.717) is 18.4 Å². The zero-order valence-corrected chi connectivity index (χ0v) is 12.2. The summed E-state index contributed by atoms with van der Waals surface area (Å²) < 4.78 is 24.2. The molecule has 2 bridgehead atoms. The molecule has 0 spiro atoms. The van der Waals surface area contributed by atoms with Crippen molar-refractivity contribution in [3.05, 3.63) is 34.9 Å². The van der Waals surface area contributed by atoms with Crippen LogP contribution in [-0.2, 0) is 15.4 Å². The van der Waals surface area contributed by atoms with Crippen molar-refractivity contribution in [2.45, 2.75) is 48.7 Å². The number of aryl methyl sites for hydroxylation is 1. The van der Waals surface area contributed by atoms with E-state index in [-0.39, 0.29) is 12.8 Å². The topological polar surface area (TPSA) is 78.2 Å². The summed E-state index contributed by atoms with van der Waals surface area (Å²) in [6.45, 7) is 1.83. The zero-order chi connectivity index (χ0) is 14.5. The molecule has 0 amide bonds. The van der Waals surface area contributed by atoms with Gasteiger partial charge in [0.1, 0.15) is 0 Å². The Balaban J connectivity index is 1.99. The second-order valence-electron chi connectivity index (χ2n) is 5.99. The van der Waals surface area contributed by atoms with Gasteiger partial charge in [0, 0.05) is 0 Å². The van der Waals surface area contributed by atoms with Gasteiger partial charge in [0.2, 0.25) is 0 Å². The number of sulfone groups is 1. The van der Waals surface area contributed by atoms with Crippen molar-refractivity contribution in [2.24, 2.45) is 0 Å². The molecule has 4 nitrogen and oxygen atoms in total. The summed E-state index contributed by atoms with van der Waals surface area (Å²) in [5.41, 5.74) is 1.07. The Morgan fingerprint density at radius 3 is 2.40 bits per heavy atom. The van der Waals surface area contributed by atoms with E-state index in [2.05, 4.69) is 6.07 Å². The normalized spacial score (nSPS) is 34.6. The first-order valence-corrected chi connectivity index (χ1v) is 8.44. The molecule has 2 aliphatic rings. The van der Waals surface area contributed by atoms with Crippen molar-refractivity contribution in [1.82, 2.24) is 0 Å². The minimum absolute atomic E-state index is 0.275. The highest BCUT2D eigenvalue weighted by molar-refractivity contribution is 7.93. The van der Waals surface area contributed by atoms with Crippen LogP contribution in [0.4, 0.5) is 0 Å². The van der Waals surface area contributed by atoms with Crippen LogP contribution in [0.3, 0.4) is 0 Å². The lowest BCUT2D eigenvalue weighted by Gasteiger charge is -2.36. The number of nitrogens with zero attached hydrogens (tertiary/aromatic N) is 1. The van der Waals surface area contributed by atoms with Crippen LogP contribution in [0, 0.1) is 18.3 Å². The fourth-order valence-corrected chi connectivity index (χ4v) is 6.05. The molecule has 106 valence electrons. The molecule has 0 radical (unpaired) electrons. The predicted molar refractivity (Wildman–Crippen MR) is 74.8 cm³/mol. The summed E-state index contributed by atoms with van der Waals surface area (Å²) in [4.78, 5) is 0. The Kier molecular flexibility index (Phi) is 2.93. The molecule has 0 aromatic heterocycles. The van der Waals surface area contributed by atoms with Crippen LogP contribution in [0.5, 0.6) is 0 Å². The molecular formula is C15H17NO3S. The number of aliphatic hydroxyl groups is 1. The summed E-state index contributed by atoms with van der Waals surface area (Å²) in [7, 11) is -3.04. The second kappa shape index (κ2) is 4.31. The predicted octanol–water partition coefficient (Wildman–Crippen LogP) is 1.79. The lowest BCUT2D eigenvalue weighted by molar-refractivity contribution is 0.0173. The van der Waals surface area contributed by atoms with E-state index in [9.17, 15) is 13.5 Å². The smallest absolute Gasteiger partial charge is 0.156 e. The lowest BCUT2D eigenvalue weighted by atomic mass is 9.84. The Labute approximate surface area is 119 Å². The van der Waals surface area contributed by atoms with E-state index in [1.54, 1.807) is 12.1 Å². The number of fused-ring (bicyclic) bond motifs is 2. The van der Waals surface area contributed by atoms with Gasteiger partial charge in [-0.3, -0.25) is 0 Å². The molecule has 2 atom stereocenters. The minimum Gasteiger partial charge on any atom is -0.385 e. The summed E-state index contributed by atoms with van der Waals surface area (Å²) in [6, 6.07) is 7.37. The monoisotopic (exact) mass is 291 g/mol. The maximum Gasteiger partial charge on any atom is 0.156 e. The van der Waals surface area contributed by atoms with Gasteiger partial charge in [-0.1, -0.05) is 12.1 Å². The van der Waals surface area contributed by atoms with Crippen molar-refractivity contribution in [2.75, 3.05) is 0 Å². The first kappa shape index (κ1) is 13.6. The van der Waals surface area contributed by atoms with Crippen LogP contribution in [0.1, 0.15) is 42.4 Å². The van der Waals surface area contributed by atoms with Crippen LogP contribution >= 0.6 is 0 Å². The zero-order valence-electron chi connectivity index (χ0n) is 11.3. The van der Waals surface area contributed by atoms with Crippen LogP contribution in [0.25, 0.3) is 0 Å². The summed E-state index contributed by atoms with van der Waals surface area (Å²) in [5, 5.41) is 19.0. The van der Waals surface area contributed by atoms with Gasteiger partial charge in [0.15, 0.2) is 9.84 Å². The van der Waals surface area contributed by atoms with Gasteiger partial charge in [-0.05, 0) is 49.8 Å².